The van der Waals surface area contributed by atoms with E-state index in [1.165, 1.54) is 16.8 Å². The van der Waals surface area contributed by atoms with E-state index in [-0.39, 0.29) is 11.7 Å². The summed E-state index contributed by atoms with van der Waals surface area (Å²) in [6, 6.07) is 8.34. The van der Waals surface area contributed by atoms with E-state index in [0.717, 1.165) is 11.3 Å². The third kappa shape index (κ3) is 2.48. The van der Waals surface area contributed by atoms with Crippen molar-refractivity contribution >= 4 is 23.6 Å². The van der Waals surface area contributed by atoms with Gasteiger partial charge >= 0.3 is 5.69 Å². The predicted molar refractivity (Wildman–Crippen MR) is 83.1 cm³/mol. The number of fused-ring (bicyclic) bond motifs is 1. The van der Waals surface area contributed by atoms with Crippen LogP contribution in [0.15, 0.2) is 46.3 Å². The van der Waals surface area contributed by atoms with E-state index < -0.39 is 17.6 Å². The number of nitrogens with two attached hydrogens (primary N) is 2. The Hall–Kier alpha value is -2.96. The molecule has 4 N–H and O–H groups in total. The molecule has 1 aromatic heterocycles. The van der Waals surface area contributed by atoms with E-state index >= 15 is 0 Å². The first-order valence-electron chi connectivity index (χ1n) is 6.83. The zero-order valence-corrected chi connectivity index (χ0v) is 11.7. The minimum absolute atomic E-state index is 0.0712. The van der Waals surface area contributed by atoms with Crippen LogP contribution in [0.4, 0.5) is 11.5 Å². The first-order chi connectivity index (χ1) is 10.6. The van der Waals surface area contributed by atoms with Crippen LogP contribution in [0.1, 0.15) is 23.9 Å². The van der Waals surface area contributed by atoms with Gasteiger partial charge in [0.15, 0.2) is 0 Å². The summed E-state index contributed by atoms with van der Waals surface area (Å²) in [5.74, 6) is -0.554. The number of para-hydroxylation sites is 1. The number of nitrogen functional groups attached to an aromatic ring is 1. The Bertz CT molecular complexity index is 812. The van der Waals surface area contributed by atoms with Crippen LogP contribution in [0.3, 0.4) is 0 Å². The zero-order chi connectivity index (χ0) is 15.7. The maximum atomic E-state index is 11.9. The summed E-state index contributed by atoms with van der Waals surface area (Å²) >= 11 is 0. The fourth-order valence-corrected chi connectivity index (χ4v) is 2.63. The molecule has 2 aromatic rings. The fraction of sp³-hybridized carbons (Fsp3) is 0.200. The summed E-state index contributed by atoms with van der Waals surface area (Å²) in [6.45, 7) is 0. The number of nitrogens with zero attached hydrogens (tertiary/aromatic N) is 3. The Morgan fingerprint density at radius 2 is 2.09 bits per heavy atom. The molecule has 112 valence electrons. The Kier molecular flexibility index (Phi) is 3.46. The minimum Gasteiger partial charge on any atom is -0.383 e. The van der Waals surface area contributed by atoms with Gasteiger partial charge in [-0.15, -0.1) is 0 Å². The number of rotatable bonds is 4. The number of hydrogen-bond donors (Lipinski definition) is 2. The smallest absolute Gasteiger partial charge is 0.350 e. The monoisotopic (exact) mass is 297 g/mol. The third-order valence-corrected chi connectivity index (χ3v) is 3.72. The highest BCUT2D eigenvalue weighted by Crippen LogP contribution is 2.36. The summed E-state index contributed by atoms with van der Waals surface area (Å²) in [6.07, 6.45) is 3.57. The molecule has 1 aliphatic rings. The second kappa shape index (κ2) is 5.44. The van der Waals surface area contributed by atoms with Crippen LogP contribution >= 0.6 is 0 Å². The molecular weight excluding hydrogens is 282 g/mol. The fourth-order valence-electron chi connectivity index (χ4n) is 2.63. The average molecular weight is 297 g/mol. The molecule has 2 heterocycles. The van der Waals surface area contributed by atoms with Gasteiger partial charge in [-0.25, -0.2) is 4.79 Å². The summed E-state index contributed by atoms with van der Waals surface area (Å²) in [5, 5.41) is 0. The largest absolute Gasteiger partial charge is 0.383 e. The van der Waals surface area contributed by atoms with Crippen LogP contribution in [0, 0.1) is 0 Å². The predicted octanol–water partition coefficient (Wildman–Crippen LogP) is 0.742. The molecule has 1 aliphatic heterocycles. The third-order valence-electron chi connectivity index (χ3n) is 3.72. The van der Waals surface area contributed by atoms with Gasteiger partial charge < -0.3 is 11.5 Å². The highest BCUT2D eigenvalue weighted by atomic mass is 16.2. The molecule has 0 spiro atoms. The molecular formula is C15H15N5O2. The molecule has 0 radical (unpaired) electrons. The van der Waals surface area contributed by atoms with Crippen molar-refractivity contribution in [1.82, 2.24) is 9.55 Å². The number of carbonyl (C=O) groups is 1. The Balaban J connectivity index is 1.93. The highest BCUT2D eigenvalue weighted by molar-refractivity contribution is 5.83. The molecule has 0 saturated heterocycles. The van der Waals surface area contributed by atoms with E-state index in [0.29, 0.717) is 6.42 Å². The van der Waals surface area contributed by atoms with Crippen molar-refractivity contribution in [2.75, 3.05) is 5.73 Å². The van der Waals surface area contributed by atoms with E-state index in [4.69, 9.17) is 11.5 Å². The first-order valence-corrected chi connectivity index (χ1v) is 6.83. The van der Waals surface area contributed by atoms with E-state index in [1.54, 1.807) is 6.21 Å². The van der Waals surface area contributed by atoms with Crippen molar-refractivity contribution in [3.63, 3.8) is 0 Å². The van der Waals surface area contributed by atoms with Gasteiger partial charge in [-0.2, -0.15) is 4.98 Å². The number of anilines is 1. The summed E-state index contributed by atoms with van der Waals surface area (Å²) in [5.41, 5.74) is 12.2. The number of benzene rings is 1. The van der Waals surface area contributed by atoms with Gasteiger partial charge in [0.05, 0.1) is 5.69 Å². The normalized spacial score (nSPS) is 17.2. The SMILES string of the molecule is NC(=O)C(CC1C=Nc2ccccc21)n1ccc(N)nc1=O. The quantitative estimate of drug-likeness (QED) is 0.865. The van der Waals surface area contributed by atoms with Crippen molar-refractivity contribution in [2.24, 2.45) is 10.7 Å². The lowest BCUT2D eigenvalue weighted by Gasteiger charge is -2.19. The van der Waals surface area contributed by atoms with E-state index in [2.05, 4.69) is 9.98 Å². The molecule has 2 atom stereocenters. The molecule has 0 aliphatic carbocycles. The molecule has 0 bridgehead atoms. The van der Waals surface area contributed by atoms with Crippen molar-refractivity contribution < 1.29 is 4.79 Å². The first kappa shape index (κ1) is 14.0. The van der Waals surface area contributed by atoms with Gasteiger partial charge in [-0.3, -0.25) is 14.4 Å². The van der Waals surface area contributed by atoms with Crippen molar-refractivity contribution in [2.45, 2.75) is 18.4 Å². The molecule has 1 amide bonds. The second-order valence-corrected chi connectivity index (χ2v) is 5.14. The summed E-state index contributed by atoms with van der Waals surface area (Å²) < 4.78 is 1.22. The number of carbonyl (C=O) groups excluding carboxylic acids is 1. The van der Waals surface area contributed by atoms with Gasteiger partial charge in [0.2, 0.25) is 5.91 Å². The van der Waals surface area contributed by atoms with Gasteiger partial charge in [-0.05, 0) is 24.1 Å². The van der Waals surface area contributed by atoms with Crippen LogP contribution in [-0.2, 0) is 4.79 Å². The maximum Gasteiger partial charge on any atom is 0.350 e. The van der Waals surface area contributed by atoms with Crippen molar-refractivity contribution in [1.29, 1.82) is 0 Å². The molecule has 0 fully saturated rings. The number of aliphatic imine (C=N–C) groups is 1. The van der Waals surface area contributed by atoms with Gasteiger partial charge in [-0.1, -0.05) is 18.2 Å². The molecule has 1 aromatic carbocycles. The highest BCUT2D eigenvalue weighted by Gasteiger charge is 2.27. The van der Waals surface area contributed by atoms with Crippen molar-refractivity contribution in [3.8, 4) is 0 Å². The lowest BCUT2D eigenvalue weighted by Crippen LogP contribution is -2.36. The van der Waals surface area contributed by atoms with E-state index in [9.17, 15) is 9.59 Å². The standard InChI is InChI=1S/C15H15N5O2/c16-13-5-6-20(15(22)19-13)12(14(17)21)7-9-8-18-11-4-2-1-3-10(9)11/h1-6,8-9,12H,7H2,(H2,17,21)(H2,16,19,22). The summed E-state index contributed by atoms with van der Waals surface area (Å²) in [7, 11) is 0. The topological polar surface area (TPSA) is 116 Å². The molecule has 0 saturated carbocycles. The van der Waals surface area contributed by atoms with Crippen LogP contribution < -0.4 is 17.2 Å². The molecule has 22 heavy (non-hydrogen) atoms. The molecule has 7 heteroatoms. The van der Waals surface area contributed by atoms with Crippen LogP contribution in [-0.4, -0.2) is 21.7 Å². The zero-order valence-electron chi connectivity index (χ0n) is 11.7. The number of primary amides is 1. The lowest BCUT2D eigenvalue weighted by molar-refractivity contribution is -0.121. The van der Waals surface area contributed by atoms with E-state index in [1.807, 2.05) is 24.3 Å². The van der Waals surface area contributed by atoms with Crippen LogP contribution in [0.2, 0.25) is 0 Å². The Morgan fingerprint density at radius 3 is 2.82 bits per heavy atom. The summed E-state index contributed by atoms with van der Waals surface area (Å²) in [4.78, 5) is 31.7. The molecule has 2 unspecified atom stereocenters. The Morgan fingerprint density at radius 1 is 1.32 bits per heavy atom. The van der Waals surface area contributed by atoms with Crippen LogP contribution in [0.5, 0.6) is 0 Å². The Labute approximate surface area is 126 Å². The molecule has 3 rings (SSSR count). The van der Waals surface area contributed by atoms with Crippen molar-refractivity contribution in [3.05, 3.63) is 52.6 Å². The van der Waals surface area contributed by atoms with Gasteiger partial charge in [0.1, 0.15) is 11.9 Å². The maximum absolute atomic E-state index is 11.9. The molecule has 7 nitrogen and oxygen atoms in total. The minimum atomic E-state index is -0.803. The second-order valence-electron chi connectivity index (χ2n) is 5.14. The van der Waals surface area contributed by atoms with Crippen LogP contribution in [0.25, 0.3) is 0 Å². The average Bonchev–Trinajstić information content (AvgIpc) is 2.88. The number of aromatic nitrogens is 2. The van der Waals surface area contributed by atoms with Gasteiger partial charge in [0, 0.05) is 18.3 Å². The number of amides is 1. The number of hydrogen-bond acceptors (Lipinski definition) is 5. The van der Waals surface area contributed by atoms with Gasteiger partial charge in [0.25, 0.3) is 0 Å². The lowest BCUT2D eigenvalue weighted by atomic mass is 9.93.